The molecule has 0 spiro atoms. The van der Waals surface area contributed by atoms with Crippen molar-refractivity contribution in [1.82, 2.24) is 4.90 Å². The fourth-order valence-electron chi connectivity index (χ4n) is 4.23. The normalized spacial score (nSPS) is 18.6. The summed E-state index contributed by atoms with van der Waals surface area (Å²) in [4.78, 5) is 17.0. The summed E-state index contributed by atoms with van der Waals surface area (Å²) in [5, 5.41) is 0. The van der Waals surface area contributed by atoms with Gasteiger partial charge in [-0.3, -0.25) is 4.79 Å². The lowest BCUT2D eigenvalue weighted by Crippen LogP contribution is -2.49. The molecule has 0 bridgehead atoms. The number of carbonyl (C=O) groups is 1. The summed E-state index contributed by atoms with van der Waals surface area (Å²) in [5.41, 5.74) is 2.03. The number of halogens is 1. The molecular formula is C24H31FN2O. The molecule has 0 aromatic heterocycles. The zero-order valence-corrected chi connectivity index (χ0v) is 17.0. The van der Waals surface area contributed by atoms with Crippen LogP contribution in [0.3, 0.4) is 0 Å². The van der Waals surface area contributed by atoms with E-state index in [2.05, 4.69) is 36.1 Å². The Hall–Kier alpha value is -2.20. The summed E-state index contributed by atoms with van der Waals surface area (Å²) in [7, 11) is 0. The second-order valence-electron chi connectivity index (χ2n) is 7.78. The lowest BCUT2D eigenvalue weighted by atomic mass is 9.89. The summed E-state index contributed by atoms with van der Waals surface area (Å²) < 4.78 is 13.8. The molecule has 1 fully saturated rings. The zero-order valence-electron chi connectivity index (χ0n) is 17.0. The summed E-state index contributed by atoms with van der Waals surface area (Å²) in [5.74, 6) is 0.148. The van der Waals surface area contributed by atoms with Crippen LogP contribution in [0, 0.1) is 11.7 Å². The molecule has 4 heteroatoms. The Labute approximate surface area is 168 Å². The number of hydrogen-bond acceptors (Lipinski definition) is 2. The van der Waals surface area contributed by atoms with Crippen molar-refractivity contribution in [3.63, 3.8) is 0 Å². The summed E-state index contributed by atoms with van der Waals surface area (Å²) in [6.07, 6.45) is 3.71. The van der Waals surface area contributed by atoms with Gasteiger partial charge in [0.2, 0.25) is 5.91 Å². The first-order chi connectivity index (χ1) is 13.6. The molecule has 1 amide bonds. The minimum absolute atomic E-state index is 0.0498. The Kier molecular flexibility index (Phi) is 7.21. The van der Waals surface area contributed by atoms with Crippen molar-refractivity contribution in [3.8, 4) is 0 Å². The van der Waals surface area contributed by atoms with Gasteiger partial charge < -0.3 is 9.80 Å². The molecule has 0 radical (unpaired) electrons. The molecule has 1 saturated heterocycles. The van der Waals surface area contributed by atoms with Crippen LogP contribution in [-0.2, 0) is 11.2 Å². The number of rotatable bonds is 7. The third-order valence-corrected chi connectivity index (χ3v) is 5.85. The summed E-state index contributed by atoms with van der Waals surface area (Å²) in [6.45, 7) is 7.11. The summed E-state index contributed by atoms with van der Waals surface area (Å²) in [6, 6.07) is 17.0. The van der Waals surface area contributed by atoms with Gasteiger partial charge in [-0.1, -0.05) is 43.3 Å². The van der Waals surface area contributed by atoms with E-state index in [-0.39, 0.29) is 17.8 Å². The van der Waals surface area contributed by atoms with Crippen LogP contribution in [0.1, 0.15) is 38.7 Å². The molecule has 1 aliphatic rings. The van der Waals surface area contributed by atoms with Gasteiger partial charge in [-0.25, -0.2) is 4.39 Å². The first-order valence-electron chi connectivity index (χ1n) is 10.4. The molecule has 2 aromatic carbocycles. The van der Waals surface area contributed by atoms with Crippen LogP contribution in [0.25, 0.3) is 0 Å². The Bertz CT molecular complexity index is 764. The highest BCUT2D eigenvalue weighted by Crippen LogP contribution is 2.28. The van der Waals surface area contributed by atoms with E-state index >= 15 is 0 Å². The zero-order chi connectivity index (χ0) is 19.9. The highest BCUT2D eigenvalue weighted by Gasteiger charge is 2.31. The van der Waals surface area contributed by atoms with Crippen molar-refractivity contribution >= 4 is 11.6 Å². The molecular weight excluding hydrogens is 351 g/mol. The Morgan fingerprint density at radius 3 is 2.71 bits per heavy atom. The Balaban J connectivity index is 1.68. The maximum absolute atomic E-state index is 13.8. The van der Waals surface area contributed by atoms with Crippen molar-refractivity contribution < 1.29 is 9.18 Å². The maximum Gasteiger partial charge on any atom is 0.226 e. The number of piperidine rings is 1. The predicted molar refractivity (Wildman–Crippen MR) is 113 cm³/mol. The topological polar surface area (TPSA) is 23.6 Å². The van der Waals surface area contributed by atoms with Gasteiger partial charge in [0.1, 0.15) is 5.82 Å². The number of anilines is 1. The minimum Gasteiger partial charge on any atom is -0.309 e. The van der Waals surface area contributed by atoms with E-state index in [1.54, 1.807) is 6.07 Å². The fraction of sp³-hybridized carbons (Fsp3) is 0.458. The van der Waals surface area contributed by atoms with E-state index in [1.165, 1.54) is 17.7 Å². The van der Waals surface area contributed by atoms with Crippen LogP contribution in [0.2, 0.25) is 0 Å². The number of likely N-dealkylation sites (tertiary alicyclic amines) is 1. The highest BCUT2D eigenvalue weighted by atomic mass is 19.1. The smallest absolute Gasteiger partial charge is 0.226 e. The average molecular weight is 383 g/mol. The van der Waals surface area contributed by atoms with Crippen molar-refractivity contribution in [2.45, 2.75) is 45.6 Å². The minimum atomic E-state index is -0.299. The average Bonchev–Trinajstić information content (AvgIpc) is 2.73. The number of hydrogen-bond donors (Lipinski definition) is 0. The van der Waals surface area contributed by atoms with Crippen LogP contribution in [-0.4, -0.2) is 36.5 Å². The maximum atomic E-state index is 13.8. The summed E-state index contributed by atoms with van der Waals surface area (Å²) >= 11 is 0. The number of nitrogens with zero attached hydrogens (tertiary/aromatic N) is 2. The van der Waals surface area contributed by atoms with Gasteiger partial charge in [-0.2, -0.15) is 0 Å². The van der Waals surface area contributed by atoms with Gasteiger partial charge in [0.15, 0.2) is 0 Å². The molecule has 2 unspecified atom stereocenters. The molecule has 2 atom stereocenters. The standard InChI is InChI=1S/C24H31FN2O/c1-3-24(28)27(23-13-7-12-22(25)17-23)19(2)21-11-8-15-26(18-21)16-14-20-9-5-4-6-10-20/h4-7,9-10,12-13,17,19,21H,3,8,11,14-16,18H2,1-2H3. The van der Waals surface area contributed by atoms with E-state index in [0.29, 0.717) is 18.0 Å². The Morgan fingerprint density at radius 1 is 1.21 bits per heavy atom. The quantitative estimate of drug-likeness (QED) is 0.679. The van der Waals surface area contributed by atoms with Gasteiger partial charge in [0.05, 0.1) is 0 Å². The first kappa shape index (κ1) is 20.5. The van der Waals surface area contributed by atoms with E-state index in [9.17, 15) is 9.18 Å². The molecule has 1 aliphatic heterocycles. The van der Waals surface area contributed by atoms with Gasteiger partial charge in [-0.15, -0.1) is 0 Å². The lowest BCUT2D eigenvalue weighted by Gasteiger charge is -2.40. The second kappa shape index (κ2) is 9.83. The third kappa shape index (κ3) is 5.20. The molecule has 28 heavy (non-hydrogen) atoms. The fourth-order valence-corrected chi connectivity index (χ4v) is 4.23. The van der Waals surface area contributed by atoms with E-state index in [0.717, 1.165) is 38.9 Å². The predicted octanol–water partition coefficient (Wildman–Crippen LogP) is 4.91. The van der Waals surface area contributed by atoms with Crippen LogP contribution < -0.4 is 4.90 Å². The first-order valence-corrected chi connectivity index (χ1v) is 10.4. The molecule has 150 valence electrons. The lowest BCUT2D eigenvalue weighted by molar-refractivity contribution is -0.119. The van der Waals surface area contributed by atoms with Crippen LogP contribution >= 0.6 is 0 Å². The number of carbonyl (C=O) groups excluding carboxylic acids is 1. The largest absolute Gasteiger partial charge is 0.309 e. The van der Waals surface area contributed by atoms with Crippen LogP contribution in [0.4, 0.5) is 10.1 Å². The van der Waals surface area contributed by atoms with E-state index in [1.807, 2.05) is 24.0 Å². The number of amides is 1. The molecule has 2 aromatic rings. The molecule has 3 rings (SSSR count). The number of benzene rings is 2. The molecule has 0 N–H and O–H groups in total. The van der Waals surface area contributed by atoms with E-state index in [4.69, 9.17) is 0 Å². The molecule has 3 nitrogen and oxygen atoms in total. The van der Waals surface area contributed by atoms with Gasteiger partial charge in [-0.05, 0) is 62.4 Å². The van der Waals surface area contributed by atoms with Gasteiger partial charge in [0.25, 0.3) is 0 Å². The van der Waals surface area contributed by atoms with Crippen LogP contribution in [0.15, 0.2) is 54.6 Å². The van der Waals surface area contributed by atoms with Gasteiger partial charge >= 0.3 is 0 Å². The van der Waals surface area contributed by atoms with Crippen molar-refractivity contribution in [2.24, 2.45) is 5.92 Å². The molecule has 1 heterocycles. The van der Waals surface area contributed by atoms with Crippen molar-refractivity contribution in [3.05, 3.63) is 66.0 Å². The SMILES string of the molecule is CCC(=O)N(c1cccc(F)c1)C(C)C1CCCN(CCc2ccccc2)C1. The molecule has 0 aliphatic carbocycles. The van der Waals surface area contributed by atoms with Gasteiger partial charge in [0, 0.05) is 31.2 Å². The monoisotopic (exact) mass is 382 g/mol. The molecule has 0 saturated carbocycles. The van der Waals surface area contributed by atoms with Crippen molar-refractivity contribution in [2.75, 3.05) is 24.5 Å². The van der Waals surface area contributed by atoms with E-state index < -0.39 is 0 Å². The Morgan fingerprint density at radius 2 is 2.00 bits per heavy atom. The van der Waals surface area contributed by atoms with Crippen LogP contribution in [0.5, 0.6) is 0 Å². The highest BCUT2D eigenvalue weighted by molar-refractivity contribution is 5.93. The van der Waals surface area contributed by atoms with Crippen molar-refractivity contribution in [1.29, 1.82) is 0 Å². The second-order valence-corrected chi connectivity index (χ2v) is 7.78. The third-order valence-electron chi connectivity index (χ3n) is 5.85.